The van der Waals surface area contributed by atoms with Crippen molar-refractivity contribution in [3.8, 4) is 5.75 Å². The third-order valence-electron chi connectivity index (χ3n) is 3.06. The number of thioether (sulfide) groups is 1. The molecule has 0 saturated heterocycles. The van der Waals surface area contributed by atoms with E-state index < -0.39 is 18.7 Å². The summed E-state index contributed by atoms with van der Waals surface area (Å²) in [6, 6.07) is 9.39. The summed E-state index contributed by atoms with van der Waals surface area (Å²) in [6.07, 6.45) is -4.41. The van der Waals surface area contributed by atoms with Crippen molar-refractivity contribution < 1.29 is 22.7 Å². The second kappa shape index (κ2) is 8.72. The van der Waals surface area contributed by atoms with E-state index in [-0.39, 0.29) is 11.3 Å². The van der Waals surface area contributed by atoms with E-state index in [0.29, 0.717) is 5.13 Å². The van der Waals surface area contributed by atoms with Crippen LogP contribution in [0.5, 0.6) is 5.75 Å². The standard InChI is InChI=1S/C16H12F3N3O2S3/c17-16(18,19)9-24-11-5-3-10(4-6-11)13(23)20-14-21-22-15(27-14)26-8-12-2-1-7-25-12/h1-7H,8-9H2,(H,20,21,23). The van der Waals surface area contributed by atoms with Crippen molar-refractivity contribution in [3.63, 3.8) is 0 Å². The third kappa shape index (κ3) is 6.22. The minimum Gasteiger partial charge on any atom is -0.484 e. The lowest BCUT2D eigenvalue weighted by atomic mass is 10.2. The van der Waals surface area contributed by atoms with Gasteiger partial charge in [0.25, 0.3) is 5.91 Å². The Morgan fingerprint density at radius 1 is 1.19 bits per heavy atom. The molecule has 3 aromatic rings. The first-order valence-electron chi connectivity index (χ1n) is 7.49. The monoisotopic (exact) mass is 431 g/mol. The van der Waals surface area contributed by atoms with Gasteiger partial charge in [0.2, 0.25) is 5.13 Å². The molecular formula is C16H12F3N3O2S3. The molecule has 11 heteroatoms. The van der Waals surface area contributed by atoms with Gasteiger partial charge < -0.3 is 4.74 Å². The number of anilines is 1. The Balaban J connectivity index is 1.52. The van der Waals surface area contributed by atoms with Crippen LogP contribution in [0.1, 0.15) is 15.2 Å². The lowest BCUT2D eigenvalue weighted by molar-refractivity contribution is -0.153. The van der Waals surface area contributed by atoms with E-state index in [1.165, 1.54) is 52.2 Å². The molecular weight excluding hydrogens is 419 g/mol. The van der Waals surface area contributed by atoms with Crippen LogP contribution >= 0.6 is 34.4 Å². The number of carbonyl (C=O) groups is 1. The summed E-state index contributed by atoms with van der Waals surface area (Å²) in [5, 5.41) is 12.9. The molecule has 142 valence electrons. The second-order valence-electron chi connectivity index (χ2n) is 5.12. The highest BCUT2D eigenvalue weighted by atomic mass is 32.2. The summed E-state index contributed by atoms with van der Waals surface area (Å²) in [4.78, 5) is 13.4. The van der Waals surface area contributed by atoms with Crippen LogP contribution in [0.25, 0.3) is 0 Å². The van der Waals surface area contributed by atoms with Crippen LogP contribution in [0.15, 0.2) is 46.1 Å². The van der Waals surface area contributed by atoms with Gasteiger partial charge in [0, 0.05) is 16.2 Å². The van der Waals surface area contributed by atoms with Crippen molar-refractivity contribution in [2.24, 2.45) is 0 Å². The van der Waals surface area contributed by atoms with Gasteiger partial charge in [0.15, 0.2) is 10.9 Å². The van der Waals surface area contributed by atoms with E-state index in [1.807, 2.05) is 17.5 Å². The molecule has 0 atom stereocenters. The normalized spacial score (nSPS) is 11.4. The van der Waals surface area contributed by atoms with Crippen molar-refractivity contribution in [3.05, 3.63) is 52.2 Å². The van der Waals surface area contributed by atoms with Gasteiger partial charge >= 0.3 is 6.18 Å². The number of nitrogens with one attached hydrogen (secondary N) is 1. The van der Waals surface area contributed by atoms with Gasteiger partial charge in [-0.2, -0.15) is 13.2 Å². The Kier molecular flexibility index (Phi) is 6.34. The largest absolute Gasteiger partial charge is 0.484 e. The molecule has 0 radical (unpaired) electrons. The summed E-state index contributed by atoms with van der Waals surface area (Å²) in [7, 11) is 0. The molecule has 2 aromatic heterocycles. The number of aromatic nitrogens is 2. The first kappa shape index (κ1) is 19.6. The summed E-state index contributed by atoms with van der Waals surface area (Å²) in [5.74, 6) is 0.384. The predicted octanol–water partition coefficient (Wildman–Crippen LogP) is 5.09. The SMILES string of the molecule is O=C(Nc1nnc(SCc2cccs2)s1)c1ccc(OCC(F)(F)F)cc1. The number of carbonyl (C=O) groups excluding carboxylic acids is 1. The van der Waals surface area contributed by atoms with E-state index in [4.69, 9.17) is 0 Å². The first-order chi connectivity index (χ1) is 12.9. The fourth-order valence-corrected chi connectivity index (χ4v) is 4.40. The molecule has 5 nitrogen and oxygen atoms in total. The molecule has 0 aliphatic heterocycles. The number of alkyl halides is 3. The van der Waals surface area contributed by atoms with Gasteiger partial charge in [-0.1, -0.05) is 29.2 Å². The van der Waals surface area contributed by atoms with Crippen molar-refractivity contribution in [1.82, 2.24) is 10.2 Å². The highest BCUT2D eigenvalue weighted by Crippen LogP contribution is 2.29. The van der Waals surface area contributed by atoms with E-state index >= 15 is 0 Å². The summed E-state index contributed by atoms with van der Waals surface area (Å²) >= 11 is 4.44. The number of hydrogen-bond donors (Lipinski definition) is 1. The number of nitrogens with zero attached hydrogens (tertiary/aromatic N) is 2. The number of hydrogen-bond acceptors (Lipinski definition) is 7. The molecule has 2 heterocycles. The highest BCUT2D eigenvalue weighted by molar-refractivity contribution is 8.00. The number of benzene rings is 1. The van der Waals surface area contributed by atoms with Crippen LogP contribution in [0, 0.1) is 0 Å². The zero-order valence-corrected chi connectivity index (χ0v) is 16.0. The van der Waals surface area contributed by atoms with Crippen LogP contribution in [-0.2, 0) is 5.75 Å². The number of amides is 1. The van der Waals surface area contributed by atoms with E-state index in [1.54, 1.807) is 11.3 Å². The van der Waals surface area contributed by atoms with Crippen LogP contribution in [0.4, 0.5) is 18.3 Å². The van der Waals surface area contributed by atoms with Crippen molar-refractivity contribution in [1.29, 1.82) is 0 Å². The van der Waals surface area contributed by atoms with E-state index in [9.17, 15) is 18.0 Å². The zero-order valence-electron chi connectivity index (χ0n) is 13.5. The summed E-state index contributed by atoms with van der Waals surface area (Å²) in [6.45, 7) is -1.38. The molecule has 3 rings (SSSR count). The number of thiophene rings is 1. The lowest BCUT2D eigenvalue weighted by Crippen LogP contribution is -2.19. The number of ether oxygens (including phenoxy) is 1. The van der Waals surface area contributed by atoms with Gasteiger partial charge in [0.1, 0.15) is 5.75 Å². The van der Waals surface area contributed by atoms with Crippen molar-refractivity contribution in [2.45, 2.75) is 16.3 Å². The zero-order chi connectivity index (χ0) is 19.3. The van der Waals surface area contributed by atoms with Gasteiger partial charge in [-0.3, -0.25) is 10.1 Å². The van der Waals surface area contributed by atoms with E-state index in [0.717, 1.165) is 10.1 Å². The second-order valence-corrected chi connectivity index (χ2v) is 8.36. The maximum Gasteiger partial charge on any atom is 0.422 e. The molecule has 0 aliphatic rings. The lowest BCUT2D eigenvalue weighted by Gasteiger charge is -2.09. The predicted molar refractivity (Wildman–Crippen MR) is 99.7 cm³/mol. The van der Waals surface area contributed by atoms with Crippen LogP contribution < -0.4 is 10.1 Å². The minimum atomic E-state index is -4.41. The van der Waals surface area contributed by atoms with E-state index in [2.05, 4.69) is 20.3 Å². The molecule has 0 bridgehead atoms. The number of halogens is 3. The van der Waals surface area contributed by atoms with Crippen LogP contribution in [0.3, 0.4) is 0 Å². The first-order valence-corrected chi connectivity index (χ1v) is 10.2. The molecule has 0 fully saturated rings. The Morgan fingerprint density at radius 2 is 1.96 bits per heavy atom. The Hall–Kier alpha value is -2.11. The van der Waals surface area contributed by atoms with Crippen LogP contribution in [0.2, 0.25) is 0 Å². The molecule has 1 aromatic carbocycles. The topological polar surface area (TPSA) is 64.1 Å². The summed E-state index contributed by atoms with van der Waals surface area (Å²) < 4.78 is 41.7. The molecule has 0 unspecified atom stereocenters. The smallest absolute Gasteiger partial charge is 0.422 e. The van der Waals surface area contributed by atoms with Gasteiger partial charge in [0.05, 0.1) is 0 Å². The fraction of sp³-hybridized carbons (Fsp3) is 0.188. The average Bonchev–Trinajstić information content (AvgIpc) is 3.29. The van der Waals surface area contributed by atoms with Gasteiger partial charge in [-0.25, -0.2) is 0 Å². The molecule has 0 saturated carbocycles. The minimum absolute atomic E-state index is 0.0343. The molecule has 0 aliphatic carbocycles. The van der Waals surface area contributed by atoms with Gasteiger partial charge in [-0.05, 0) is 35.7 Å². The van der Waals surface area contributed by atoms with Gasteiger partial charge in [-0.15, -0.1) is 21.5 Å². The molecule has 0 spiro atoms. The Morgan fingerprint density at radius 3 is 2.63 bits per heavy atom. The van der Waals surface area contributed by atoms with Crippen LogP contribution in [-0.4, -0.2) is 28.9 Å². The summed E-state index contributed by atoms with van der Waals surface area (Å²) in [5.41, 5.74) is 0.275. The Bertz CT molecular complexity index is 880. The van der Waals surface area contributed by atoms with Crippen molar-refractivity contribution in [2.75, 3.05) is 11.9 Å². The maximum atomic E-state index is 12.2. The fourth-order valence-electron chi connectivity index (χ4n) is 1.88. The Labute approximate surface area is 164 Å². The molecule has 1 N–H and O–H groups in total. The third-order valence-corrected chi connectivity index (χ3v) is 6.14. The quantitative estimate of drug-likeness (QED) is 0.417. The average molecular weight is 431 g/mol. The highest BCUT2D eigenvalue weighted by Gasteiger charge is 2.28. The molecule has 1 amide bonds. The molecule has 27 heavy (non-hydrogen) atoms. The number of rotatable bonds is 7. The maximum absolute atomic E-state index is 12.2. The van der Waals surface area contributed by atoms with Crippen molar-refractivity contribution >= 4 is 45.5 Å².